The number of halogens is 1. The van der Waals surface area contributed by atoms with Gasteiger partial charge in [0.1, 0.15) is 12.4 Å². The highest BCUT2D eigenvalue weighted by Crippen LogP contribution is 2.15. The Hall–Kier alpha value is -2.61. The van der Waals surface area contributed by atoms with E-state index in [9.17, 15) is 0 Å². The van der Waals surface area contributed by atoms with Crippen molar-refractivity contribution in [1.29, 1.82) is 0 Å². The van der Waals surface area contributed by atoms with Crippen LogP contribution >= 0.6 is 24.0 Å². The van der Waals surface area contributed by atoms with Gasteiger partial charge in [0.05, 0.1) is 0 Å². The topological polar surface area (TPSA) is 72.5 Å². The maximum atomic E-state index is 5.94. The molecule has 1 aromatic heterocycles. The summed E-state index contributed by atoms with van der Waals surface area (Å²) in [5.74, 6) is 1.34. The van der Waals surface area contributed by atoms with Gasteiger partial charge in [-0.25, -0.2) is 0 Å². The minimum absolute atomic E-state index is 0. The minimum atomic E-state index is 0. The van der Waals surface area contributed by atoms with E-state index in [-0.39, 0.29) is 24.0 Å². The van der Waals surface area contributed by atoms with Gasteiger partial charge in [-0.1, -0.05) is 48.5 Å². The van der Waals surface area contributed by atoms with Crippen LogP contribution in [0.2, 0.25) is 0 Å². The molecule has 6 heteroatoms. The van der Waals surface area contributed by atoms with Crippen molar-refractivity contribution in [3.8, 4) is 5.75 Å². The number of aliphatic imine (C=N–C) groups is 1. The van der Waals surface area contributed by atoms with E-state index in [2.05, 4.69) is 39.6 Å². The number of nitrogens with two attached hydrogens (primary N) is 1. The van der Waals surface area contributed by atoms with Crippen molar-refractivity contribution < 1.29 is 4.74 Å². The molecule has 5 nitrogen and oxygen atoms in total. The fourth-order valence-electron chi connectivity index (χ4n) is 2.76. The van der Waals surface area contributed by atoms with Gasteiger partial charge in [-0.2, -0.15) is 0 Å². The number of nitrogens with one attached hydrogen (secondary N) is 1. The van der Waals surface area contributed by atoms with E-state index < -0.39 is 0 Å². The normalized spacial score (nSPS) is 10.8. The molecule has 29 heavy (non-hydrogen) atoms. The molecule has 0 unspecified atom stereocenters. The summed E-state index contributed by atoms with van der Waals surface area (Å²) in [6, 6.07) is 24.2. The Morgan fingerprint density at radius 1 is 0.931 bits per heavy atom. The van der Waals surface area contributed by atoms with Gasteiger partial charge in [0, 0.05) is 31.4 Å². The van der Waals surface area contributed by atoms with Crippen molar-refractivity contribution >= 4 is 29.9 Å². The maximum Gasteiger partial charge on any atom is 0.188 e. The number of ether oxygens (including phenoxy) is 1. The van der Waals surface area contributed by atoms with Crippen molar-refractivity contribution in [3.05, 3.63) is 95.8 Å². The molecule has 0 saturated carbocycles. The molecule has 0 spiro atoms. The number of hydrogen-bond acceptors (Lipinski definition) is 3. The van der Waals surface area contributed by atoms with Crippen LogP contribution in [0.5, 0.6) is 5.75 Å². The Bertz CT molecular complexity index is 872. The van der Waals surface area contributed by atoms with Gasteiger partial charge in [0.15, 0.2) is 5.96 Å². The monoisotopic (exact) mass is 502 g/mol. The molecule has 0 amide bonds. The number of aromatic nitrogens is 1. The Labute approximate surface area is 189 Å². The van der Waals surface area contributed by atoms with Crippen molar-refractivity contribution in [3.63, 3.8) is 0 Å². The zero-order valence-electron chi connectivity index (χ0n) is 16.3. The molecule has 0 aliphatic heterocycles. The zero-order chi connectivity index (χ0) is 19.4. The number of benzene rings is 2. The van der Waals surface area contributed by atoms with E-state index in [4.69, 9.17) is 10.5 Å². The van der Waals surface area contributed by atoms with E-state index in [1.54, 1.807) is 6.20 Å². The first-order valence-corrected chi connectivity index (χ1v) is 9.49. The average molecular weight is 502 g/mol. The molecule has 1 heterocycles. The van der Waals surface area contributed by atoms with Gasteiger partial charge in [0.25, 0.3) is 0 Å². The molecule has 3 N–H and O–H groups in total. The van der Waals surface area contributed by atoms with Crippen LogP contribution < -0.4 is 15.8 Å². The molecular weight excluding hydrogens is 475 g/mol. The van der Waals surface area contributed by atoms with Crippen LogP contribution in [0.4, 0.5) is 0 Å². The SMILES string of the molecule is I.NC(=NCCc1ccccn1)NCCc1cccc(OCc2ccccc2)c1. The second-order valence-corrected chi connectivity index (χ2v) is 6.44. The Morgan fingerprint density at radius 3 is 2.52 bits per heavy atom. The summed E-state index contributed by atoms with van der Waals surface area (Å²) in [6.07, 6.45) is 3.42. The third-order valence-corrected chi connectivity index (χ3v) is 4.24. The van der Waals surface area contributed by atoms with Crippen LogP contribution in [-0.4, -0.2) is 24.0 Å². The maximum absolute atomic E-state index is 5.94. The lowest BCUT2D eigenvalue weighted by atomic mass is 10.1. The number of hydrogen-bond donors (Lipinski definition) is 2. The fourth-order valence-corrected chi connectivity index (χ4v) is 2.76. The van der Waals surface area contributed by atoms with E-state index in [0.29, 0.717) is 19.1 Å². The molecule has 2 aromatic carbocycles. The standard InChI is InChI=1S/C23H26N4O.HI/c24-23(27-16-13-21-10-4-5-14-25-21)26-15-12-19-9-6-11-22(17-19)28-18-20-7-2-1-3-8-20;/h1-11,14,17H,12-13,15-16,18H2,(H3,24,26,27);1H. The van der Waals surface area contributed by atoms with Crippen LogP contribution in [0.25, 0.3) is 0 Å². The summed E-state index contributed by atoms with van der Waals surface area (Å²) < 4.78 is 5.88. The smallest absolute Gasteiger partial charge is 0.188 e. The molecule has 3 rings (SSSR count). The Morgan fingerprint density at radius 2 is 1.72 bits per heavy atom. The molecule has 3 aromatic rings. The second-order valence-electron chi connectivity index (χ2n) is 6.44. The summed E-state index contributed by atoms with van der Waals surface area (Å²) in [6.45, 7) is 1.91. The quantitative estimate of drug-likeness (QED) is 0.264. The highest BCUT2D eigenvalue weighted by Gasteiger charge is 2.00. The van der Waals surface area contributed by atoms with Crippen molar-refractivity contribution in [2.45, 2.75) is 19.4 Å². The lowest BCUT2D eigenvalue weighted by Gasteiger charge is -2.09. The van der Waals surface area contributed by atoms with Crippen LogP contribution in [0.1, 0.15) is 16.8 Å². The first-order chi connectivity index (χ1) is 13.8. The highest BCUT2D eigenvalue weighted by atomic mass is 127. The van der Waals surface area contributed by atoms with E-state index in [1.165, 1.54) is 5.56 Å². The van der Waals surface area contributed by atoms with Crippen LogP contribution in [0.3, 0.4) is 0 Å². The third-order valence-electron chi connectivity index (χ3n) is 4.24. The summed E-state index contributed by atoms with van der Waals surface area (Å²) in [5.41, 5.74) is 9.31. The zero-order valence-corrected chi connectivity index (χ0v) is 18.7. The van der Waals surface area contributed by atoms with E-state index in [1.807, 2.05) is 48.5 Å². The van der Waals surface area contributed by atoms with Gasteiger partial charge in [-0.05, 0) is 41.8 Å². The first-order valence-electron chi connectivity index (χ1n) is 9.49. The van der Waals surface area contributed by atoms with E-state index >= 15 is 0 Å². The number of rotatable bonds is 9. The van der Waals surface area contributed by atoms with Crippen LogP contribution in [0.15, 0.2) is 84.0 Å². The molecule has 0 bridgehead atoms. The third kappa shape index (κ3) is 8.51. The molecule has 0 aliphatic carbocycles. The van der Waals surface area contributed by atoms with Crippen LogP contribution in [0, 0.1) is 0 Å². The molecule has 0 aliphatic rings. The molecule has 152 valence electrons. The van der Waals surface area contributed by atoms with Crippen molar-refractivity contribution in [2.75, 3.05) is 13.1 Å². The van der Waals surface area contributed by atoms with Crippen molar-refractivity contribution in [2.24, 2.45) is 10.7 Å². The summed E-state index contributed by atoms with van der Waals surface area (Å²) in [7, 11) is 0. The van der Waals surface area contributed by atoms with Gasteiger partial charge in [0.2, 0.25) is 0 Å². The number of guanidine groups is 1. The molecular formula is C23H27IN4O. The van der Waals surface area contributed by atoms with Gasteiger partial charge < -0.3 is 15.8 Å². The Kier molecular flexibility index (Phi) is 9.99. The highest BCUT2D eigenvalue weighted by molar-refractivity contribution is 14.0. The predicted octanol–water partition coefficient (Wildman–Crippen LogP) is 3.97. The van der Waals surface area contributed by atoms with Crippen molar-refractivity contribution in [1.82, 2.24) is 10.3 Å². The molecule has 0 atom stereocenters. The Balaban J connectivity index is 0.00000300. The summed E-state index contributed by atoms with van der Waals surface area (Å²) in [4.78, 5) is 8.63. The number of nitrogens with zero attached hydrogens (tertiary/aromatic N) is 2. The lowest BCUT2D eigenvalue weighted by Crippen LogP contribution is -2.33. The first kappa shape index (κ1) is 22.7. The largest absolute Gasteiger partial charge is 0.489 e. The lowest BCUT2D eigenvalue weighted by molar-refractivity contribution is 0.306. The predicted molar refractivity (Wildman–Crippen MR) is 129 cm³/mol. The number of pyridine rings is 1. The van der Waals surface area contributed by atoms with Gasteiger partial charge >= 0.3 is 0 Å². The molecule has 0 saturated heterocycles. The fraction of sp³-hybridized carbons (Fsp3) is 0.217. The molecule has 0 radical (unpaired) electrons. The van der Waals surface area contributed by atoms with Gasteiger partial charge in [-0.3, -0.25) is 9.98 Å². The van der Waals surface area contributed by atoms with Crippen LogP contribution in [-0.2, 0) is 19.4 Å². The van der Waals surface area contributed by atoms with Gasteiger partial charge in [-0.15, -0.1) is 24.0 Å². The summed E-state index contributed by atoms with van der Waals surface area (Å²) in [5, 5.41) is 3.16. The second kappa shape index (κ2) is 12.8. The summed E-state index contributed by atoms with van der Waals surface area (Å²) >= 11 is 0. The van der Waals surface area contributed by atoms with E-state index in [0.717, 1.165) is 36.4 Å². The minimum Gasteiger partial charge on any atom is -0.489 e. The molecule has 0 fully saturated rings. The average Bonchev–Trinajstić information content (AvgIpc) is 2.74.